The summed E-state index contributed by atoms with van der Waals surface area (Å²) in [6, 6.07) is 8.06. The Morgan fingerprint density at radius 1 is 1.15 bits per heavy atom. The highest BCUT2D eigenvalue weighted by Crippen LogP contribution is 2.31. The lowest BCUT2D eigenvalue weighted by Gasteiger charge is -2.38. The number of piperidine rings is 1. The molecule has 1 fully saturated rings. The van der Waals surface area contributed by atoms with Gasteiger partial charge >= 0.3 is 12.0 Å². The Bertz CT molecular complexity index is 1110. The van der Waals surface area contributed by atoms with Crippen LogP contribution in [0.5, 0.6) is 0 Å². The fraction of sp³-hybridized carbons (Fsp3) is 0.348. The van der Waals surface area contributed by atoms with E-state index in [0.29, 0.717) is 18.1 Å². The van der Waals surface area contributed by atoms with Crippen molar-refractivity contribution < 1.29 is 14.7 Å². The maximum atomic E-state index is 12.5. The maximum Gasteiger partial charge on any atom is 0.326 e. The number of carboxylic acid groups (broad SMARTS) is 1. The molecule has 172 valence electrons. The van der Waals surface area contributed by atoms with Crippen LogP contribution in [0.3, 0.4) is 0 Å². The van der Waals surface area contributed by atoms with E-state index in [4.69, 9.17) is 0 Å². The van der Waals surface area contributed by atoms with Gasteiger partial charge in [-0.15, -0.1) is 11.3 Å². The number of carboxylic acids is 1. The van der Waals surface area contributed by atoms with Crippen molar-refractivity contribution in [1.29, 1.82) is 0 Å². The molecule has 4 rings (SSSR count). The van der Waals surface area contributed by atoms with Crippen LogP contribution in [-0.2, 0) is 4.79 Å². The Morgan fingerprint density at radius 3 is 2.70 bits per heavy atom. The zero-order chi connectivity index (χ0) is 23.2. The molecule has 3 aromatic rings. The van der Waals surface area contributed by atoms with Crippen molar-refractivity contribution in [2.75, 3.05) is 17.2 Å². The normalized spacial score (nSPS) is 17.3. The number of pyridine rings is 2. The summed E-state index contributed by atoms with van der Waals surface area (Å²) in [5, 5.41) is 17.7. The van der Waals surface area contributed by atoms with Crippen molar-refractivity contribution in [2.45, 2.75) is 44.7 Å². The number of urea groups is 1. The second-order valence-corrected chi connectivity index (χ2v) is 8.67. The number of carbonyl (C=O) groups excluding carboxylic acids is 1. The Hall–Kier alpha value is -3.37. The molecule has 1 aliphatic heterocycles. The molecule has 33 heavy (non-hydrogen) atoms. The zero-order valence-electron chi connectivity index (χ0n) is 18.3. The molecule has 4 heterocycles. The minimum absolute atomic E-state index is 0.127. The number of nitrogens with one attached hydrogen (secondary N) is 2. The van der Waals surface area contributed by atoms with E-state index in [2.05, 4.69) is 25.6 Å². The van der Waals surface area contributed by atoms with Crippen molar-refractivity contribution in [3.8, 4) is 10.6 Å². The zero-order valence-corrected chi connectivity index (χ0v) is 19.1. The topological polar surface area (TPSA) is 120 Å². The lowest BCUT2D eigenvalue weighted by atomic mass is 9.97. The lowest BCUT2D eigenvalue weighted by molar-refractivity contribution is -0.146. The number of thiazole rings is 1. The van der Waals surface area contributed by atoms with Crippen LogP contribution in [0.25, 0.3) is 10.6 Å². The van der Waals surface area contributed by atoms with Crippen LogP contribution < -0.4 is 10.6 Å². The Morgan fingerprint density at radius 2 is 1.94 bits per heavy atom. The van der Waals surface area contributed by atoms with Crippen LogP contribution in [0.4, 0.5) is 16.4 Å². The van der Waals surface area contributed by atoms with Crippen molar-refractivity contribution in [2.24, 2.45) is 0 Å². The molecule has 1 aliphatic rings. The van der Waals surface area contributed by atoms with E-state index in [1.165, 1.54) is 11.3 Å². The second-order valence-electron chi connectivity index (χ2n) is 7.81. The van der Waals surface area contributed by atoms with E-state index >= 15 is 0 Å². The van der Waals surface area contributed by atoms with Gasteiger partial charge in [-0.3, -0.25) is 25.3 Å². The van der Waals surface area contributed by atoms with Gasteiger partial charge in [0.1, 0.15) is 22.7 Å². The number of amides is 2. The predicted octanol–water partition coefficient (Wildman–Crippen LogP) is 4.63. The molecule has 0 saturated carbocycles. The molecule has 0 spiro atoms. The predicted molar refractivity (Wildman–Crippen MR) is 127 cm³/mol. The van der Waals surface area contributed by atoms with Crippen molar-refractivity contribution in [3.63, 3.8) is 0 Å². The SMILES string of the molecule is CCC(c1cccc(NC(=O)Nc2csc(-c3ccncc3)n2)n1)N1CCCCC1C(=O)O. The lowest BCUT2D eigenvalue weighted by Crippen LogP contribution is -2.46. The van der Waals surface area contributed by atoms with Crippen LogP contribution in [0, 0.1) is 0 Å². The van der Waals surface area contributed by atoms with Crippen LogP contribution in [0.15, 0.2) is 48.1 Å². The smallest absolute Gasteiger partial charge is 0.326 e. The molecule has 10 heteroatoms. The summed E-state index contributed by atoms with van der Waals surface area (Å²) < 4.78 is 0. The number of nitrogens with zero attached hydrogens (tertiary/aromatic N) is 4. The molecular weight excluding hydrogens is 440 g/mol. The van der Waals surface area contributed by atoms with Gasteiger partial charge in [-0.2, -0.15) is 0 Å². The van der Waals surface area contributed by atoms with E-state index in [9.17, 15) is 14.7 Å². The number of likely N-dealkylation sites (tertiary alicyclic amines) is 1. The molecule has 3 N–H and O–H groups in total. The molecule has 9 nitrogen and oxygen atoms in total. The molecule has 0 radical (unpaired) electrons. The largest absolute Gasteiger partial charge is 0.480 e. The second kappa shape index (κ2) is 10.5. The summed E-state index contributed by atoms with van der Waals surface area (Å²) in [4.78, 5) is 39.4. The van der Waals surface area contributed by atoms with Crippen LogP contribution in [-0.4, -0.2) is 49.5 Å². The first-order valence-electron chi connectivity index (χ1n) is 10.9. The van der Waals surface area contributed by atoms with Gasteiger partial charge in [0.25, 0.3) is 0 Å². The van der Waals surface area contributed by atoms with Gasteiger partial charge in [0, 0.05) is 23.3 Å². The Kier molecular flexibility index (Phi) is 7.26. The van der Waals surface area contributed by atoms with Crippen LogP contribution in [0.2, 0.25) is 0 Å². The van der Waals surface area contributed by atoms with Gasteiger partial charge in [0.15, 0.2) is 0 Å². The summed E-state index contributed by atoms with van der Waals surface area (Å²) in [5.74, 6) is 0.0534. The van der Waals surface area contributed by atoms with Crippen LogP contribution in [0.1, 0.15) is 44.3 Å². The van der Waals surface area contributed by atoms with Crippen molar-refractivity contribution in [3.05, 3.63) is 53.8 Å². The quantitative estimate of drug-likeness (QED) is 0.464. The average Bonchev–Trinajstić information content (AvgIpc) is 3.29. The third-order valence-electron chi connectivity index (χ3n) is 5.64. The first-order chi connectivity index (χ1) is 16.0. The number of hydrogen-bond donors (Lipinski definition) is 3. The molecule has 3 aromatic heterocycles. The minimum Gasteiger partial charge on any atom is -0.480 e. The Balaban J connectivity index is 1.44. The first-order valence-corrected chi connectivity index (χ1v) is 11.8. The van der Waals surface area contributed by atoms with Gasteiger partial charge in [-0.1, -0.05) is 19.4 Å². The molecule has 2 unspecified atom stereocenters. The molecule has 0 aliphatic carbocycles. The average molecular weight is 467 g/mol. The first kappa shape index (κ1) is 22.8. The van der Waals surface area contributed by atoms with Gasteiger partial charge in [0.2, 0.25) is 0 Å². The van der Waals surface area contributed by atoms with Crippen LogP contribution >= 0.6 is 11.3 Å². The van der Waals surface area contributed by atoms with E-state index in [0.717, 1.165) is 42.1 Å². The molecule has 0 bridgehead atoms. The van der Waals surface area contributed by atoms with E-state index in [1.807, 2.05) is 36.1 Å². The summed E-state index contributed by atoms with van der Waals surface area (Å²) in [6.07, 6.45) is 6.64. The fourth-order valence-electron chi connectivity index (χ4n) is 4.13. The highest BCUT2D eigenvalue weighted by Gasteiger charge is 2.34. The molecule has 0 aromatic carbocycles. The van der Waals surface area contributed by atoms with E-state index in [-0.39, 0.29) is 6.04 Å². The van der Waals surface area contributed by atoms with Gasteiger partial charge in [-0.25, -0.2) is 14.8 Å². The number of hydrogen-bond acceptors (Lipinski definition) is 7. The highest BCUT2D eigenvalue weighted by molar-refractivity contribution is 7.13. The number of carbonyl (C=O) groups is 2. The maximum absolute atomic E-state index is 12.5. The summed E-state index contributed by atoms with van der Waals surface area (Å²) in [6.45, 7) is 2.74. The summed E-state index contributed by atoms with van der Waals surface area (Å²) >= 11 is 1.43. The van der Waals surface area contributed by atoms with Crippen molar-refractivity contribution in [1.82, 2.24) is 19.9 Å². The molecule has 1 saturated heterocycles. The van der Waals surface area contributed by atoms with Gasteiger partial charge in [-0.05, 0) is 50.1 Å². The van der Waals surface area contributed by atoms with E-state index in [1.54, 1.807) is 23.8 Å². The van der Waals surface area contributed by atoms with Gasteiger partial charge in [0.05, 0.1) is 11.7 Å². The monoisotopic (exact) mass is 466 g/mol. The fourth-order valence-corrected chi connectivity index (χ4v) is 4.89. The van der Waals surface area contributed by atoms with E-state index < -0.39 is 18.0 Å². The highest BCUT2D eigenvalue weighted by atomic mass is 32.1. The molecular formula is C23H26N6O3S. The summed E-state index contributed by atoms with van der Waals surface area (Å²) in [7, 11) is 0. The minimum atomic E-state index is -0.795. The van der Waals surface area contributed by atoms with Gasteiger partial charge < -0.3 is 5.11 Å². The summed E-state index contributed by atoms with van der Waals surface area (Å²) in [5.41, 5.74) is 1.68. The molecule has 2 atom stereocenters. The number of aliphatic carboxylic acids is 1. The molecule has 2 amide bonds. The number of rotatable bonds is 7. The number of aromatic nitrogens is 3. The Labute approximate surface area is 195 Å². The standard InChI is InChI=1S/C23H26N6O3S/c1-2-17(29-13-4-3-7-18(29)22(30)31)16-6-5-8-19(25-16)27-23(32)28-20-14-33-21(26-20)15-9-11-24-12-10-15/h5-6,8-12,14,17-18H,2-4,7,13H2,1H3,(H,30,31)(H2,25,27,28,32). The van der Waals surface area contributed by atoms with Crippen molar-refractivity contribution >= 4 is 35.0 Å². The third-order valence-corrected chi connectivity index (χ3v) is 6.53. The third kappa shape index (κ3) is 5.52. The number of anilines is 2.